The minimum absolute atomic E-state index is 0.0469. The van der Waals surface area contributed by atoms with Crippen molar-refractivity contribution in [2.45, 2.75) is 65.5 Å². The highest BCUT2D eigenvalue weighted by Gasteiger charge is 2.67. The van der Waals surface area contributed by atoms with Gasteiger partial charge in [-0.3, -0.25) is 0 Å². The van der Waals surface area contributed by atoms with E-state index in [1.54, 1.807) is 0 Å². The molecule has 1 rings (SSSR count). The lowest BCUT2D eigenvalue weighted by Gasteiger charge is -2.56. The first-order valence-electron chi connectivity index (χ1n) is 5.86. The monoisotopic (exact) mass is 213 g/mol. The molecule has 0 aromatic heterocycles. The molecule has 2 nitrogen and oxygen atoms in total. The first-order valence-corrected chi connectivity index (χ1v) is 5.86. The molecule has 0 bridgehead atoms. The molecule has 1 aliphatic carbocycles. The van der Waals surface area contributed by atoms with Crippen molar-refractivity contribution in [2.75, 3.05) is 7.11 Å². The van der Waals surface area contributed by atoms with Crippen LogP contribution in [0.15, 0.2) is 0 Å². The molecule has 0 aromatic carbocycles. The molecule has 2 N–H and O–H groups in total. The normalized spacial score (nSPS) is 21.6. The molecule has 2 heteroatoms. The fraction of sp³-hybridized carbons (Fsp3) is 1.00. The molecular weight excluding hydrogens is 186 g/mol. The second-order valence-electron chi connectivity index (χ2n) is 7.04. The van der Waals surface area contributed by atoms with Crippen LogP contribution >= 0.6 is 0 Å². The predicted octanol–water partition coefficient (Wildman–Crippen LogP) is 2.96. The number of nitrogens with two attached hydrogens (primary N) is 1. The van der Waals surface area contributed by atoms with Gasteiger partial charge in [0.25, 0.3) is 0 Å². The summed E-state index contributed by atoms with van der Waals surface area (Å²) in [6.07, 6.45) is 2.16. The number of methoxy groups -OCH3 is 1. The molecule has 0 saturated heterocycles. The van der Waals surface area contributed by atoms with Gasteiger partial charge in [-0.2, -0.15) is 0 Å². The van der Waals surface area contributed by atoms with Gasteiger partial charge in [-0.25, -0.2) is 0 Å². The molecule has 0 spiro atoms. The average molecular weight is 213 g/mol. The fourth-order valence-corrected chi connectivity index (χ4v) is 3.92. The van der Waals surface area contributed by atoms with E-state index in [1.165, 1.54) is 0 Å². The van der Waals surface area contributed by atoms with Gasteiger partial charge in [0.2, 0.25) is 0 Å². The van der Waals surface area contributed by atoms with Gasteiger partial charge in [0.1, 0.15) is 0 Å². The Hall–Kier alpha value is -0.0800. The largest absolute Gasteiger partial charge is 0.375 e. The quantitative estimate of drug-likeness (QED) is 0.765. The summed E-state index contributed by atoms with van der Waals surface area (Å²) in [4.78, 5) is 0. The fourth-order valence-electron chi connectivity index (χ4n) is 3.92. The Morgan fingerprint density at radius 3 is 1.33 bits per heavy atom. The Bertz CT molecular complexity index is 217. The van der Waals surface area contributed by atoms with Crippen LogP contribution in [0.3, 0.4) is 0 Å². The highest BCUT2D eigenvalue weighted by Crippen LogP contribution is 2.60. The van der Waals surface area contributed by atoms with E-state index in [-0.39, 0.29) is 22.0 Å². The van der Waals surface area contributed by atoms with E-state index >= 15 is 0 Å². The summed E-state index contributed by atoms with van der Waals surface area (Å²) < 4.78 is 5.97. The zero-order valence-corrected chi connectivity index (χ0v) is 11.4. The summed E-state index contributed by atoms with van der Waals surface area (Å²) in [7, 11) is 1.81. The highest BCUT2D eigenvalue weighted by atomic mass is 16.5. The van der Waals surface area contributed by atoms with E-state index in [0.717, 1.165) is 12.8 Å². The molecule has 0 atom stereocenters. The minimum Gasteiger partial charge on any atom is -0.375 e. The summed E-state index contributed by atoms with van der Waals surface area (Å²) in [6.45, 7) is 13.4. The number of rotatable bonds is 2. The summed E-state index contributed by atoms with van der Waals surface area (Å²) in [5, 5.41) is 0. The van der Waals surface area contributed by atoms with Gasteiger partial charge in [0.15, 0.2) is 0 Å². The Morgan fingerprint density at radius 1 is 0.933 bits per heavy atom. The van der Waals surface area contributed by atoms with Crippen molar-refractivity contribution >= 4 is 0 Å². The molecule has 0 aliphatic heterocycles. The van der Waals surface area contributed by atoms with Crippen LogP contribution in [0.1, 0.15) is 54.4 Å². The number of hydrogen-bond acceptors (Lipinski definition) is 2. The Labute approximate surface area is 94.6 Å². The van der Waals surface area contributed by atoms with Gasteiger partial charge >= 0.3 is 0 Å². The summed E-state index contributed by atoms with van der Waals surface area (Å²) in [6, 6.07) is 0. The van der Waals surface area contributed by atoms with Crippen molar-refractivity contribution in [3.63, 3.8) is 0 Å². The van der Waals surface area contributed by atoms with Gasteiger partial charge in [-0.15, -0.1) is 0 Å². The van der Waals surface area contributed by atoms with Crippen LogP contribution in [0, 0.1) is 10.8 Å². The Morgan fingerprint density at radius 2 is 1.27 bits per heavy atom. The lowest BCUT2D eigenvalue weighted by atomic mass is 9.58. The molecule has 0 amide bonds. The van der Waals surface area contributed by atoms with Gasteiger partial charge < -0.3 is 10.5 Å². The number of ether oxygens (including phenoxy) is 1. The van der Waals surface area contributed by atoms with Crippen LogP contribution < -0.4 is 5.73 Å². The Balaban J connectivity index is 3.27. The van der Waals surface area contributed by atoms with Crippen LogP contribution in [0.25, 0.3) is 0 Å². The summed E-state index contributed by atoms with van der Waals surface area (Å²) in [5.74, 6) is 0. The van der Waals surface area contributed by atoms with E-state index in [1.807, 2.05) is 7.11 Å². The van der Waals surface area contributed by atoms with Crippen molar-refractivity contribution in [1.29, 1.82) is 0 Å². The third kappa shape index (κ3) is 1.62. The molecule has 1 fully saturated rings. The second kappa shape index (κ2) is 3.21. The maximum atomic E-state index is 6.48. The van der Waals surface area contributed by atoms with Crippen LogP contribution in [0.2, 0.25) is 0 Å². The molecule has 0 radical (unpaired) electrons. The van der Waals surface area contributed by atoms with E-state index in [2.05, 4.69) is 41.5 Å². The van der Waals surface area contributed by atoms with E-state index < -0.39 is 0 Å². The van der Waals surface area contributed by atoms with Gasteiger partial charge in [0.05, 0.1) is 5.60 Å². The minimum atomic E-state index is -0.257. The molecule has 0 unspecified atom stereocenters. The van der Waals surface area contributed by atoms with Crippen molar-refractivity contribution in [3.8, 4) is 0 Å². The lowest BCUT2D eigenvalue weighted by molar-refractivity contribution is -0.184. The smallest absolute Gasteiger partial charge is 0.0952 e. The Kier molecular flexibility index (Phi) is 2.78. The third-order valence-electron chi connectivity index (χ3n) is 3.91. The van der Waals surface area contributed by atoms with Crippen LogP contribution in [0.4, 0.5) is 0 Å². The van der Waals surface area contributed by atoms with Crippen LogP contribution in [-0.4, -0.2) is 18.2 Å². The molecule has 0 aromatic rings. The molecule has 90 valence electrons. The van der Waals surface area contributed by atoms with Crippen molar-refractivity contribution in [3.05, 3.63) is 0 Å². The highest BCUT2D eigenvalue weighted by molar-refractivity contribution is 5.22. The third-order valence-corrected chi connectivity index (χ3v) is 3.91. The first-order chi connectivity index (χ1) is 6.52. The zero-order valence-electron chi connectivity index (χ0n) is 11.4. The average Bonchev–Trinajstić information content (AvgIpc) is 2.63. The van der Waals surface area contributed by atoms with E-state index in [4.69, 9.17) is 10.5 Å². The van der Waals surface area contributed by atoms with Gasteiger partial charge in [-0.1, -0.05) is 41.5 Å². The topological polar surface area (TPSA) is 35.2 Å². The SMILES string of the molecule is COC(C(C)(C)C)(C(C)(C)C)C1(N)CC1. The molecule has 15 heavy (non-hydrogen) atoms. The maximum Gasteiger partial charge on any atom is 0.0952 e. The standard InChI is InChI=1S/C13H27NO/c1-10(2,3)13(15-7,11(4,5)6)12(14)8-9-12/h8-9,14H2,1-7H3. The first kappa shape index (κ1) is 13.0. The van der Waals surface area contributed by atoms with Crippen LogP contribution in [-0.2, 0) is 4.74 Å². The zero-order chi connectivity index (χ0) is 12.1. The summed E-state index contributed by atoms with van der Waals surface area (Å²) in [5.41, 5.74) is 6.18. The molecule has 0 heterocycles. The maximum absolute atomic E-state index is 6.48. The number of hydrogen-bond donors (Lipinski definition) is 1. The van der Waals surface area contributed by atoms with Crippen LogP contribution in [0.5, 0.6) is 0 Å². The molecular formula is C13H27NO. The van der Waals surface area contributed by atoms with Gasteiger partial charge in [0, 0.05) is 12.6 Å². The summed E-state index contributed by atoms with van der Waals surface area (Å²) >= 11 is 0. The van der Waals surface area contributed by atoms with E-state index in [0.29, 0.717) is 0 Å². The van der Waals surface area contributed by atoms with E-state index in [9.17, 15) is 0 Å². The van der Waals surface area contributed by atoms with Gasteiger partial charge in [-0.05, 0) is 23.7 Å². The van der Waals surface area contributed by atoms with Crippen molar-refractivity contribution in [2.24, 2.45) is 16.6 Å². The lowest BCUT2D eigenvalue weighted by Crippen LogP contribution is -2.66. The molecule has 1 aliphatic rings. The molecule has 1 saturated carbocycles. The van der Waals surface area contributed by atoms with Crippen molar-refractivity contribution < 1.29 is 4.74 Å². The van der Waals surface area contributed by atoms with Crippen molar-refractivity contribution in [1.82, 2.24) is 0 Å². The second-order valence-corrected chi connectivity index (χ2v) is 7.04. The predicted molar refractivity (Wildman–Crippen MR) is 64.8 cm³/mol.